The molecule has 0 unspecified atom stereocenters. The zero-order chi connectivity index (χ0) is 22.2. The predicted molar refractivity (Wildman–Crippen MR) is 121 cm³/mol. The molecular formula is C23H27ClN4O3. The number of nitrogens with one attached hydrogen (secondary N) is 2. The molecule has 7 nitrogen and oxygen atoms in total. The molecule has 2 N–H and O–H groups in total. The summed E-state index contributed by atoms with van der Waals surface area (Å²) >= 11 is 5.84. The minimum Gasteiger partial charge on any atom is -0.352 e. The van der Waals surface area contributed by atoms with Gasteiger partial charge >= 0.3 is 6.03 Å². The Labute approximate surface area is 187 Å². The van der Waals surface area contributed by atoms with Crippen LogP contribution in [0.5, 0.6) is 0 Å². The molecule has 164 valence electrons. The Morgan fingerprint density at radius 3 is 2.45 bits per heavy atom. The number of halogens is 1. The van der Waals surface area contributed by atoms with Crippen LogP contribution in [-0.4, -0.2) is 59.9 Å². The molecule has 4 amide bonds. The van der Waals surface area contributed by atoms with Gasteiger partial charge in [-0.1, -0.05) is 41.9 Å². The standard InChI is InChI=1S/C23H27ClN4O3/c1-17(7-8-18-5-3-2-4-6-18)25-21(29)15-27-13-14-28(16-22(27)30)23(31)26-20-11-9-19(24)10-12-20/h2-6,9-12,17H,7-8,13-16H2,1H3,(H,25,29)(H,26,31)/t17-/m1/s1. The molecule has 2 aromatic carbocycles. The number of carbonyl (C=O) groups excluding carboxylic acids is 3. The number of hydrogen-bond acceptors (Lipinski definition) is 3. The second-order valence-electron chi connectivity index (χ2n) is 7.67. The van der Waals surface area contributed by atoms with Crippen LogP contribution in [-0.2, 0) is 16.0 Å². The Hall–Kier alpha value is -3.06. The molecular weight excluding hydrogens is 416 g/mol. The predicted octanol–water partition coefficient (Wildman–Crippen LogP) is 3.15. The molecule has 0 bridgehead atoms. The average molecular weight is 443 g/mol. The van der Waals surface area contributed by atoms with Gasteiger partial charge in [0.25, 0.3) is 0 Å². The van der Waals surface area contributed by atoms with Gasteiger partial charge in [0.2, 0.25) is 11.8 Å². The largest absolute Gasteiger partial charge is 0.352 e. The maximum absolute atomic E-state index is 12.4. The zero-order valence-corrected chi connectivity index (χ0v) is 18.3. The van der Waals surface area contributed by atoms with E-state index >= 15 is 0 Å². The molecule has 31 heavy (non-hydrogen) atoms. The second kappa shape index (κ2) is 10.8. The number of carbonyl (C=O) groups is 3. The van der Waals surface area contributed by atoms with Crippen molar-refractivity contribution in [2.75, 3.05) is 31.5 Å². The number of anilines is 1. The van der Waals surface area contributed by atoms with Gasteiger partial charge in [-0.2, -0.15) is 0 Å². The third-order valence-electron chi connectivity index (χ3n) is 5.15. The number of benzene rings is 2. The number of piperazine rings is 1. The number of nitrogens with zero attached hydrogens (tertiary/aromatic N) is 2. The van der Waals surface area contributed by atoms with Crippen LogP contribution >= 0.6 is 11.6 Å². The first kappa shape index (κ1) is 22.6. The van der Waals surface area contributed by atoms with E-state index in [1.165, 1.54) is 15.4 Å². The van der Waals surface area contributed by atoms with E-state index in [0.29, 0.717) is 23.8 Å². The van der Waals surface area contributed by atoms with Crippen molar-refractivity contribution in [2.45, 2.75) is 25.8 Å². The molecule has 8 heteroatoms. The van der Waals surface area contributed by atoms with Gasteiger partial charge in [-0.05, 0) is 49.6 Å². The van der Waals surface area contributed by atoms with Crippen LogP contribution in [0, 0.1) is 0 Å². The normalized spacial score (nSPS) is 14.8. The summed E-state index contributed by atoms with van der Waals surface area (Å²) in [5.41, 5.74) is 1.83. The van der Waals surface area contributed by atoms with Crippen molar-refractivity contribution in [3.05, 3.63) is 65.2 Å². The number of amides is 4. The number of hydrogen-bond donors (Lipinski definition) is 2. The Balaban J connectivity index is 1.40. The monoisotopic (exact) mass is 442 g/mol. The molecule has 2 aromatic rings. The van der Waals surface area contributed by atoms with E-state index in [0.717, 1.165) is 12.8 Å². The quantitative estimate of drug-likeness (QED) is 0.691. The molecule has 0 aliphatic carbocycles. The van der Waals surface area contributed by atoms with E-state index < -0.39 is 0 Å². The van der Waals surface area contributed by atoms with Crippen LogP contribution in [0.4, 0.5) is 10.5 Å². The molecule has 1 fully saturated rings. The van der Waals surface area contributed by atoms with Crippen LogP contribution < -0.4 is 10.6 Å². The summed E-state index contributed by atoms with van der Waals surface area (Å²) in [6, 6.07) is 16.5. The van der Waals surface area contributed by atoms with Crippen molar-refractivity contribution in [1.29, 1.82) is 0 Å². The maximum atomic E-state index is 12.4. The van der Waals surface area contributed by atoms with Gasteiger partial charge in [0.1, 0.15) is 6.54 Å². The summed E-state index contributed by atoms with van der Waals surface area (Å²) < 4.78 is 0. The SMILES string of the molecule is C[C@H](CCc1ccccc1)NC(=O)CN1CCN(C(=O)Nc2ccc(Cl)cc2)CC1=O. The highest BCUT2D eigenvalue weighted by molar-refractivity contribution is 6.30. The third kappa shape index (κ3) is 7.00. The van der Waals surface area contributed by atoms with Crippen molar-refractivity contribution >= 4 is 35.1 Å². The van der Waals surface area contributed by atoms with Gasteiger partial charge in [-0.25, -0.2) is 4.79 Å². The molecule has 1 aliphatic heterocycles. The first-order valence-electron chi connectivity index (χ1n) is 10.3. The molecule has 0 spiro atoms. The molecule has 0 saturated carbocycles. The number of aryl methyl sites for hydroxylation is 1. The van der Waals surface area contributed by atoms with Crippen LogP contribution in [0.2, 0.25) is 5.02 Å². The summed E-state index contributed by atoms with van der Waals surface area (Å²) in [6.07, 6.45) is 1.70. The molecule has 1 saturated heterocycles. The van der Waals surface area contributed by atoms with Crippen LogP contribution in [0.1, 0.15) is 18.9 Å². The summed E-state index contributed by atoms with van der Waals surface area (Å²) in [7, 11) is 0. The van der Waals surface area contributed by atoms with Gasteiger partial charge < -0.3 is 20.4 Å². The molecule has 1 atom stereocenters. The van der Waals surface area contributed by atoms with Gasteiger partial charge in [0.15, 0.2) is 0 Å². The van der Waals surface area contributed by atoms with Crippen molar-refractivity contribution in [1.82, 2.24) is 15.1 Å². The molecule has 0 aromatic heterocycles. The maximum Gasteiger partial charge on any atom is 0.322 e. The van der Waals surface area contributed by atoms with Gasteiger partial charge in [0.05, 0.1) is 6.54 Å². The topological polar surface area (TPSA) is 81.8 Å². The molecule has 1 aliphatic rings. The molecule has 0 radical (unpaired) electrons. The van der Waals surface area contributed by atoms with E-state index in [9.17, 15) is 14.4 Å². The minimum atomic E-state index is -0.352. The average Bonchev–Trinajstić information content (AvgIpc) is 2.76. The highest BCUT2D eigenvalue weighted by Gasteiger charge is 2.28. The van der Waals surface area contributed by atoms with Gasteiger partial charge in [-0.15, -0.1) is 0 Å². The third-order valence-corrected chi connectivity index (χ3v) is 5.40. The Bertz CT molecular complexity index is 905. The highest BCUT2D eigenvalue weighted by Crippen LogP contribution is 2.14. The number of rotatable bonds is 7. The Kier molecular flexibility index (Phi) is 7.89. The first-order valence-corrected chi connectivity index (χ1v) is 10.7. The van der Waals surface area contributed by atoms with Crippen molar-refractivity contribution < 1.29 is 14.4 Å². The lowest BCUT2D eigenvalue weighted by molar-refractivity contribution is -0.139. The van der Waals surface area contributed by atoms with Gasteiger partial charge in [-0.3, -0.25) is 9.59 Å². The summed E-state index contributed by atoms with van der Waals surface area (Å²) in [4.78, 5) is 40.1. The van der Waals surface area contributed by atoms with Crippen LogP contribution in [0.3, 0.4) is 0 Å². The minimum absolute atomic E-state index is 0.00114. The van der Waals surface area contributed by atoms with E-state index in [1.54, 1.807) is 24.3 Å². The van der Waals surface area contributed by atoms with E-state index in [4.69, 9.17) is 11.6 Å². The smallest absolute Gasteiger partial charge is 0.322 e. The highest BCUT2D eigenvalue weighted by atomic mass is 35.5. The number of urea groups is 1. The van der Waals surface area contributed by atoms with E-state index in [1.807, 2.05) is 25.1 Å². The van der Waals surface area contributed by atoms with Crippen LogP contribution in [0.15, 0.2) is 54.6 Å². The van der Waals surface area contributed by atoms with Crippen molar-refractivity contribution in [3.8, 4) is 0 Å². The lowest BCUT2D eigenvalue weighted by atomic mass is 10.1. The summed E-state index contributed by atoms with van der Waals surface area (Å²) in [5, 5.41) is 6.28. The fourth-order valence-corrected chi connectivity index (χ4v) is 3.50. The molecule has 1 heterocycles. The van der Waals surface area contributed by atoms with Crippen molar-refractivity contribution in [2.24, 2.45) is 0 Å². The van der Waals surface area contributed by atoms with E-state index in [-0.39, 0.29) is 37.0 Å². The van der Waals surface area contributed by atoms with Crippen LogP contribution in [0.25, 0.3) is 0 Å². The summed E-state index contributed by atoms with van der Waals surface area (Å²) in [6.45, 7) is 2.58. The Morgan fingerprint density at radius 2 is 1.77 bits per heavy atom. The summed E-state index contributed by atoms with van der Waals surface area (Å²) in [5.74, 6) is -0.433. The fourth-order valence-electron chi connectivity index (χ4n) is 3.38. The molecule has 3 rings (SSSR count). The van der Waals surface area contributed by atoms with Gasteiger partial charge in [0, 0.05) is 29.8 Å². The van der Waals surface area contributed by atoms with E-state index in [2.05, 4.69) is 22.8 Å². The zero-order valence-electron chi connectivity index (χ0n) is 17.5. The first-order chi connectivity index (χ1) is 14.9. The lowest BCUT2D eigenvalue weighted by Gasteiger charge is -2.34. The van der Waals surface area contributed by atoms with Crippen molar-refractivity contribution in [3.63, 3.8) is 0 Å². The lowest BCUT2D eigenvalue weighted by Crippen LogP contribution is -2.55. The fraction of sp³-hybridized carbons (Fsp3) is 0.348. The second-order valence-corrected chi connectivity index (χ2v) is 8.10. The Morgan fingerprint density at radius 1 is 1.06 bits per heavy atom.